The van der Waals surface area contributed by atoms with Gasteiger partial charge in [-0.15, -0.1) is 0 Å². The number of hydrogen-bond acceptors (Lipinski definition) is 2. The number of aromatic nitrogens is 2. The predicted octanol–water partition coefficient (Wildman–Crippen LogP) is 2.55. The number of benzene rings is 1. The summed E-state index contributed by atoms with van der Waals surface area (Å²) in [4.78, 5) is 0. The third kappa shape index (κ3) is 2.35. The normalized spacial score (nSPS) is 10.8. The molecular weight excluding hydrogens is 234 g/mol. The Labute approximate surface area is 106 Å². The lowest BCUT2D eigenvalue weighted by Crippen LogP contribution is -2.08. The topological polar surface area (TPSA) is 43.8 Å². The first-order valence-electron chi connectivity index (χ1n) is 5.62. The maximum atomic E-state index is 5.88. The summed E-state index contributed by atoms with van der Waals surface area (Å²) in [6.07, 6.45) is 0.850. The van der Waals surface area contributed by atoms with Crippen LogP contribution >= 0.6 is 11.6 Å². The van der Waals surface area contributed by atoms with Gasteiger partial charge in [-0.05, 0) is 31.2 Å². The van der Waals surface area contributed by atoms with E-state index in [1.807, 2.05) is 36.0 Å². The fraction of sp³-hybridized carbons (Fsp3) is 0.308. The summed E-state index contributed by atoms with van der Waals surface area (Å²) in [6.45, 7) is 2.72. The van der Waals surface area contributed by atoms with Gasteiger partial charge in [0.05, 0.1) is 5.69 Å². The Morgan fingerprint density at radius 2 is 1.94 bits per heavy atom. The number of halogens is 1. The Morgan fingerprint density at radius 1 is 1.29 bits per heavy atom. The van der Waals surface area contributed by atoms with Gasteiger partial charge in [0.15, 0.2) is 0 Å². The van der Waals surface area contributed by atoms with Crippen molar-refractivity contribution < 1.29 is 0 Å². The summed E-state index contributed by atoms with van der Waals surface area (Å²) in [5.74, 6) is 0. The second-order valence-corrected chi connectivity index (χ2v) is 4.53. The van der Waals surface area contributed by atoms with E-state index >= 15 is 0 Å². The van der Waals surface area contributed by atoms with E-state index in [9.17, 15) is 0 Å². The first-order chi connectivity index (χ1) is 8.13. The Balaban J connectivity index is 2.46. The SMILES string of the molecule is Cc1c(-c2ccc(Cl)cc2)nn(C)c1CCN. The molecule has 2 N–H and O–H groups in total. The lowest BCUT2D eigenvalue weighted by atomic mass is 10.1. The quantitative estimate of drug-likeness (QED) is 0.909. The Hall–Kier alpha value is -1.32. The van der Waals surface area contributed by atoms with Crippen molar-refractivity contribution >= 4 is 11.6 Å². The Bertz CT molecular complexity index is 514. The smallest absolute Gasteiger partial charge is 0.0955 e. The van der Waals surface area contributed by atoms with Crippen LogP contribution in [-0.2, 0) is 13.5 Å². The summed E-state index contributed by atoms with van der Waals surface area (Å²) in [5.41, 5.74) is 10.1. The molecule has 17 heavy (non-hydrogen) atoms. The maximum absolute atomic E-state index is 5.88. The van der Waals surface area contributed by atoms with Gasteiger partial charge in [0, 0.05) is 29.7 Å². The minimum atomic E-state index is 0.639. The molecule has 0 radical (unpaired) electrons. The first kappa shape index (κ1) is 12.1. The zero-order valence-electron chi connectivity index (χ0n) is 10.1. The molecule has 2 rings (SSSR count). The Kier molecular flexibility index (Phi) is 3.50. The van der Waals surface area contributed by atoms with Gasteiger partial charge in [-0.25, -0.2) is 0 Å². The molecule has 0 spiro atoms. The second kappa shape index (κ2) is 4.90. The summed E-state index contributed by atoms with van der Waals surface area (Å²) in [7, 11) is 1.96. The van der Waals surface area contributed by atoms with Crippen molar-refractivity contribution in [2.24, 2.45) is 12.8 Å². The summed E-state index contributed by atoms with van der Waals surface area (Å²) in [6, 6.07) is 7.75. The fourth-order valence-corrected chi connectivity index (χ4v) is 2.16. The molecule has 0 fully saturated rings. The molecule has 1 aromatic carbocycles. The second-order valence-electron chi connectivity index (χ2n) is 4.09. The van der Waals surface area contributed by atoms with Gasteiger partial charge in [0.2, 0.25) is 0 Å². The summed E-state index contributed by atoms with van der Waals surface area (Å²) < 4.78 is 1.91. The number of rotatable bonds is 3. The van der Waals surface area contributed by atoms with Crippen LogP contribution in [0.5, 0.6) is 0 Å². The summed E-state index contributed by atoms with van der Waals surface area (Å²) >= 11 is 5.88. The van der Waals surface area contributed by atoms with E-state index < -0.39 is 0 Å². The van der Waals surface area contributed by atoms with Gasteiger partial charge in [-0.2, -0.15) is 5.10 Å². The molecule has 0 atom stereocenters. The first-order valence-corrected chi connectivity index (χ1v) is 5.99. The highest BCUT2D eigenvalue weighted by Gasteiger charge is 2.12. The third-order valence-electron chi connectivity index (χ3n) is 2.93. The molecular formula is C13H16ClN3. The van der Waals surface area contributed by atoms with Crippen molar-refractivity contribution in [3.8, 4) is 11.3 Å². The van der Waals surface area contributed by atoms with Crippen LogP contribution in [0.25, 0.3) is 11.3 Å². The zero-order valence-corrected chi connectivity index (χ0v) is 10.8. The van der Waals surface area contributed by atoms with Crippen LogP contribution in [-0.4, -0.2) is 16.3 Å². The maximum Gasteiger partial charge on any atom is 0.0955 e. The molecule has 3 nitrogen and oxygen atoms in total. The van der Waals surface area contributed by atoms with Gasteiger partial charge >= 0.3 is 0 Å². The molecule has 0 aliphatic carbocycles. The van der Waals surface area contributed by atoms with Crippen LogP contribution in [0.15, 0.2) is 24.3 Å². The molecule has 1 heterocycles. The highest BCUT2D eigenvalue weighted by Crippen LogP contribution is 2.25. The Morgan fingerprint density at radius 3 is 2.53 bits per heavy atom. The van der Waals surface area contributed by atoms with Gasteiger partial charge < -0.3 is 5.73 Å². The van der Waals surface area contributed by atoms with E-state index in [1.165, 1.54) is 11.3 Å². The number of hydrogen-bond donors (Lipinski definition) is 1. The number of aryl methyl sites for hydroxylation is 1. The van der Waals surface area contributed by atoms with Crippen molar-refractivity contribution in [2.75, 3.05) is 6.54 Å². The van der Waals surface area contributed by atoms with E-state index in [1.54, 1.807) is 0 Å². The van der Waals surface area contributed by atoms with Crippen LogP contribution in [0.1, 0.15) is 11.3 Å². The highest BCUT2D eigenvalue weighted by atomic mass is 35.5. The van der Waals surface area contributed by atoms with E-state index in [4.69, 9.17) is 17.3 Å². The molecule has 4 heteroatoms. The van der Waals surface area contributed by atoms with E-state index in [0.29, 0.717) is 6.54 Å². The third-order valence-corrected chi connectivity index (χ3v) is 3.18. The molecule has 90 valence electrons. The molecule has 0 saturated carbocycles. The average molecular weight is 250 g/mol. The number of nitrogens with zero attached hydrogens (tertiary/aromatic N) is 2. The molecule has 0 bridgehead atoms. The molecule has 0 aliphatic rings. The van der Waals surface area contributed by atoms with Crippen molar-refractivity contribution in [1.29, 1.82) is 0 Å². The predicted molar refractivity (Wildman–Crippen MR) is 71.1 cm³/mol. The summed E-state index contributed by atoms with van der Waals surface area (Å²) in [5, 5.41) is 5.29. The van der Waals surface area contributed by atoms with Gasteiger partial charge in [0.25, 0.3) is 0 Å². The van der Waals surface area contributed by atoms with Crippen LogP contribution in [0, 0.1) is 6.92 Å². The minimum absolute atomic E-state index is 0.639. The van der Waals surface area contributed by atoms with Gasteiger partial charge in [0.1, 0.15) is 0 Å². The molecule has 0 saturated heterocycles. The van der Waals surface area contributed by atoms with E-state index in [0.717, 1.165) is 22.7 Å². The van der Waals surface area contributed by atoms with E-state index in [2.05, 4.69) is 12.0 Å². The van der Waals surface area contributed by atoms with Crippen molar-refractivity contribution in [3.63, 3.8) is 0 Å². The highest BCUT2D eigenvalue weighted by molar-refractivity contribution is 6.30. The lowest BCUT2D eigenvalue weighted by molar-refractivity contribution is 0.706. The number of nitrogens with two attached hydrogens (primary N) is 1. The van der Waals surface area contributed by atoms with Gasteiger partial charge in [-0.1, -0.05) is 23.7 Å². The zero-order chi connectivity index (χ0) is 12.4. The molecule has 0 unspecified atom stereocenters. The van der Waals surface area contributed by atoms with E-state index in [-0.39, 0.29) is 0 Å². The molecule has 0 amide bonds. The molecule has 2 aromatic rings. The average Bonchev–Trinajstić information content (AvgIpc) is 2.59. The minimum Gasteiger partial charge on any atom is -0.330 e. The van der Waals surface area contributed by atoms with Gasteiger partial charge in [-0.3, -0.25) is 4.68 Å². The van der Waals surface area contributed by atoms with Crippen molar-refractivity contribution in [3.05, 3.63) is 40.5 Å². The van der Waals surface area contributed by atoms with Crippen LogP contribution < -0.4 is 5.73 Å². The van der Waals surface area contributed by atoms with Crippen LogP contribution in [0.3, 0.4) is 0 Å². The fourth-order valence-electron chi connectivity index (χ4n) is 2.03. The molecule has 1 aromatic heterocycles. The van der Waals surface area contributed by atoms with Crippen LogP contribution in [0.2, 0.25) is 5.02 Å². The molecule has 0 aliphatic heterocycles. The largest absolute Gasteiger partial charge is 0.330 e. The van der Waals surface area contributed by atoms with Crippen molar-refractivity contribution in [2.45, 2.75) is 13.3 Å². The standard InChI is InChI=1S/C13H16ClN3/c1-9-12(7-8-15)17(2)16-13(9)10-3-5-11(14)6-4-10/h3-6H,7-8,15H2,1-2H3. The lowest BCUT2D eigenvalue weighted by Gasteiger charge is -2.00. The van der Waals surface area contributed by atoms with Crippen LogP contribution in [0.4, 0.5) is 0 Å². The monoisotopic (exact) mass is 249 g/mol. The van der Waals surface area contributed by atoms with Crippen molar-refractivity contribution in [1.82, 2.24) is 9.78 Å².